The summed E-state index contributed by atoms with van der Waals surface area (Å²) in [5.41, 5.74) is 10.00. The molecule has 0 aliphatic carbocycles. The van der Waals surface area contributed by atoms with Gasteiger partial charge in [0.25, 0.3) is 0 Å². The molecule has 7 aromatic carbocycles. The second kappa shape index (κ2) is 13.8. The molecule has 0 aliphatic heterocycles. The molecule has 2 aromatic heterocycles. The second-order valence-corrected chi connectivity index (χ2v) is 13.6. The van der Waals surface area contributed by atoms with E-state index in [0.717, 1.165) is 117 Å². The van der Waals surface area contributed by atoms with E-state index in [1.54, 1.807) is 6.08 Å². The fourth-order valence-corrected chi connectivity index (χ4v) is 7.93. The summed E-state index contributed by atoms with van der Waals surface area (Å²) >= 11 is 0. The number of allylic oxidation sites excluding steroid dienone is 1. The molecule has 0 saturated carbocycles. The molecule has 4 nitrogen and oxygen atoms in total. The fraction of sp³-hybridized carbons (Fsp3) is 0.120. The van der Waals surface area contributed by atoms with Gasteiger partial charge in [0.1, 0.15) is 34.0 Å². The van der Waals surface area contributed by atoms with Crippen molar-refractivity contribution in [1.29, 1.82) is 0 Å². The zero-order valence-electron chi connectivity index (χ0n) is 30.7. The number of furan rings is 2. The van der Waals surface area contributed by atoms with Gasteiger partial charge in [0, 0.05) is 44.0 Å². The topological polar surface area (TPSA) is 44.7 Å². The monoisotopic (exact) mass is 704 g/mol. The third-order valence-electron chi connectivity index (χ3n) is 10.3. The van der Waals surface area contributed by atoms with Crippen molar-refractivity contribution >= 4 is 66.6 Å². The highest BCUT2D eigenvalue weighted by molar-refractivity contribution is 6.13. The lowest BCUT2D eigenvalue weighted by atomic mass is 9.89. The van der Waals surface area contributed by atoms with Gasteiger partial charge in [0.2, 0.25) is 0 Å². The molecular formula is C50H40O4. The van der Waals surface area contributed by atoms with E-state index in [9.17, 15) is 0 Å². The number of hydrogen-bond donors (Lipinski definition) is 0. The van der Waals surface area contributed by atoms with Gasteiger partial charge in [-0.15, -0.1) is 0 Å². The SMILES string of the molecule is C=Cc1oc2c(-c3ccc4c(-c5c(OCCC)ccc6cc(-c7cccc8c7oc7ccccc78)ccc56)c(OCC)ccc4c3)cccc2c1/C=C\C. The van der Waals surface area contributed by atoms with E-state index < -0.39 is 0 Å². The van der Waals surface area contributed by atoms with Crippen LogP contribution in [0, 0.1) is 0 Å². The molecule has 0 amide bonds. The van der Waals surface area contributed by atoms with Crippen molar-refractivity contribution in [2.75, 3.05) is 13.2 Å². The van der Waals surface area contributed by atoms with Crippen LogP contribution in [0.5, 0.6) is 11.5 Å². The van der Waals surface area contributed by atoms with Crippen LogP contribution in [0.1, 0.15) is 38.5 Å². The van der Waals surface area contributed by atoms with Crippen LogP contribution in [0.4, 0.5) is 0 Å². The van der Waals surface area contributed by atoms with Crippen LogP contribution in [0.2, 0.25) is 0 Å². The third-order valence-corrected chi connectivity index (χ3v) is 10.3. The molecule has 4 heteroatoms. The van der Waals surface area contributed by atoms with Gasteiger partial charge in [-0.05, 0) is 89.3 Å². The average molecular weight is 705 g/mol. The highest BCUT2D eigenvalue weighted by Gasteiger charge is 2.22. The number of benzene rings is 7. The Morgan fingerprint density at radius 1 is 0.593 bits per heavy atom. The predicted molar refractivity (Wildman–Crippen MR) is 227 cm³/mol. The van der Waals surface area contributed by atoms with Crippen molar-refractivity contribution in [3.8, 4) is 44.9 Å². The maximum Gasteiger partial charge on any atom is 0.143 e. The highest BCUT2D eigenvalue weighted by atomic mass is 16.5. The highest BCUT2D eigenvalue weighted by Crippen LogP contribution is 2.48. The van der Waals surface area contributed by atoms with Crippen LogP contribution in [-0.4, -0.2) is 13.2 Å². The number of fused-ring (bicyclic) bond motifs is 6. The van der Waals surface area contributed by atoms with Crippen molar-refractivity contribution in [1.82, 2.24) is 0 Å². The van der Waals surface area contributed by atoms with Gasteiger partial charge >= 0.3 is 0 Å². The minimum absolute atomic E-state index is 0.541. The van der Waals surface area contributed by atoms with Gasteiger partial charge in [-0.3, -0.25) is 0 Å². The third kappa shape index (κ3) is 5.45. The molecule has 2 heterocycles. The van der Waals surface area contributed by atoms with Gasteiger partial charge in [-0.25, -0.2) is 0 Å². The van der Waals surface area contributed by atoms with Gasteiger partial charge < -0.3 is 18.3 Å². The Hall–Kier alpha value is -6.52. The Morgan fingerprint density at radius 3 is 1.83 bits per heavy atom. The van der Waals surface area contributed by atoms with E-state index in [4.69, 9.17) is 18.3 Å². The van der Waals surface area contributed by atoms with Crippen LogP contribution in [0.15, 0.2) is 143 Å². The summed E-state index contributed by atoms with van der Waals surface area (Å²) in [6.07, 6.45) is 6.80. The van der Waals surface area contributed by atoms with Crippen molar-refractivity contribution in [3.05, 3.63) is 145 Å². The van der Waals surface area contributed by atoms with E-state index in [2.05, 4.69) is 129 Å². The standard InChI is InChI=1S/C50H40O4/c1-5-13-39-41-17-11-15-37(49(41)53-43(39)7-3)33-20-24-35-31(29-33)22-26-45(51-8-4)47(35)48-36-25-21-34(30-32(36)23-27-46(48)52-28-6-2)38-16-12-18-42-40-14-9-10-19-44(40)54-50(38)42/h5,7,9-27,29-30H,3,6,8,28H2,1-2,4H3/b13-5-. The molecule has 264 valence electrons. The number of ether oxygens (including phenoxy) is 2. The summed E-state index contributed by atoms with van der Waals surface area (Å²) in [6, 6.07) is 42.8. The van der Waals surface area contributed by atoms with Crippen molar-refractivity contribution in [3.63, 3.8) is 0 Å². The maximum atomic E-state index is 6.53. The lowest BCUT2D eigenvalue weighted by molar-refractivity contribution is 0.318. The van der Waals surface area contributed by atoms with E-state index in [0.29, 0.717) is 13.2 Å². The Bertz CT molecular complexity index is 2920. The molecule has 0 atom stereocenters. The van der Waals surface area contributed by atoms with E-state index in [-0.39, 0.29) is 0 Å². The van der Waals surface area contributed by atoms with E-state index in [1.165, 1.54) is 0 Å². The molecule has 0 aliphatic rings. The first kappa shape index (κ1) is 33.3. The smallest absolute Gasteiger partial charge is 0.143 e. The molecule has 0 radical (unpaired) electrons. The Morgan fingerprint density at radius 2 is 1.20 bits per heavy atom. The van der Waals surface area contributed by atoms with Crippen LogP contribution in [-0.2, 0) is 0 Å². The first-order valence-electron chi connectivity index (χ1n) is 18.7. The van der Waals surface area contributed by atoms with Gasteiger partial charge in [-0.2, -0.15) is 0 Å². The van der Waals surface area contributed by atoms with Crippen LogP contribution in [0.25, 0.3) is 100.0 Å². The van der Waals surface area contributed by atoms with Crippen molar-refractivity contribution in [2.45, 2.75) is 27.2 Å². The summed E-state index contributed by atoms with van der Waals surface area (Å²) in [5, 5.41) is 7.69. The Labute approximate surface area is 314 Å². The predicted octanol–water partition coefficient (Wildman–Crippen LogP) is 14.5. The first-order chi connectivity index (χ1) is 26.6. The molecule has 9 aromatic rings. The minimum Gasteiger partial charge on any atom is -0.493 e. The zero-order valence-corrected chi connectivity index (χ0v) is 30.7. The zero-order chi connectivity index (χ0) is 36.8. The average Bonchev–Trinajstić information content (AvgIpc) is 3.78. The van der Waals surface area contributed by atoms with Gasteiger partial charge in [0.05, 0.1) is 13.2 Å². The number of rotatable bonds is 10. The normalized spacial score (nSPS) is 11.8. The molecule has 0 fully saturated rings. The summed E-state index contributed by atoms with van der Waals surface area (Å²) in [5.74, 6) is 2.43. The van der Waals surface area contributed by atoms with Crippen molar-refractivity contribution in [2.24, 2.45) is 0 Å². The molecule has 0 N–H and O–H groups in total. The number of para-hydroxylation sites is 3. The lowest BCUT2D eigenvalue weighted by Gasteiger charge is -2.20. The summed E-state index contributed by atoms with van der Waals surface area (Å²) < 4.78 is 25.8. The minimum atomic E-state index is 0.541. The molecule has 0 bridgehead atoms. The fourth-order valence-electron chi connectivity index (χ4n) is 7.93. The summed E-state index contributed by atoms with van der Waals surface area (Å²) in [4.78, 5) is 0. The van der Waals surface area contributed by atoms with Gasteiger partial charge in [0.15, 0.2) is 0 Å². The molecule has 0 unspecified atom stereocenters. The second-order valence-electron chi connectivity index (χ2n) is 13.6. The summed E-state index contributed by atoms with van der Waals surface area (Å²) in [6.45, 7) is 11.3. The Kier molecular flexibility index (Phi) is 8.51. The summed E-state index contributed by atoms with van der Waals surface area (Å²) in [7, 11) is 0. The Balaban J connectivity index is 1.24. The quantitative estimate of drug-likeness (QED) is 0.142. The number of hydrogen-bond acceptors (Lipinski definition) is 4. The van der Waals surface area contributed by atoms with Crippen molar-refractivity contribution < 1.29 is 18.3 Å². The molecular weight excluding hydrogens is 665 g/mol. The lowest BCUT2D eigenvalue weighted by Crippen LogP contribution is -2.00. The van der Waals surface area contributed by atoms with Crippen LogP contribution >= 0.6 is 0 Å². The molecule has 0 spiro atoms. The van der Waals surface area contributed by atoms with E-state index >= 15 is 0 Å². The largest absolute Gasteiger partial charge is 0.493 e. The maximum absolute atomic E-state index is 6.53. The molecule has 9 rings (SSSR count). The molecule has 54 heavy (non-hydrogen) atoms. The van der Waals surface area contributed by atoms with Crippen LogP contribution in [0.3, 0.4) is 0 Å². The first-order valence-corrected chi connectivity index (χ1v) is 18.7. The van der Waals surface area contributed by atoms with E-state index in [1.807, 2.05) is 32.1 Å². The van der Waals surface area contributed by atoms with Gasteiger partial charge in [-0.1, -0.05) is 117 Å². The molecule has 0 saturated heterocycles. The van der Waals surface area contributed by atoms with Crippen LogP contribution < -0.4 is 9.47 Å².